The zero-order chi connectivity index (χ0) is 12.5. The second-order valence-electron chi connectivity index (χ2n) is 4.67. The third-order valence-corrected chi connectivity index (χ3v) is 2.46. The van der Waals surface area contributed by atoms with E-state index in [9.17, 15) is 0 Å². The van der Waals surface area contributed by atoms with E-state index in [1.165, 1.54) is 6.42 Å². The molecule has 0 spiro atoms. The van der Waals surface area contributed by atoms with Crippen LogP contribution in [0.25, 0.3) is 0 Å². The molecule has 0 aromatic carbocycles. The molecule has 0 aliphatic heterocycles. The SMILES string of the molecule is CCCNc1cccc(OCCCC(C)C)n1. The maximum atomic E-state index is 5.63. The first-order valence-corrected chi connectivity index (χ1v) is 6.56. The van der Waals surface area contributed by atoms with E-state index in [1.54, 1.807) is 0 Å². The second-order valence-corrected chi connectivity index (χ2v) is 4.67. The maximum Gasteiger partial charge on any atom is 0.215 e. The molecule has 0 saturated carbocycles. The summed E-state index contributed by atoms with van der Waals surface area (Å²) >= 11 is 0. The minimum Gasteiger partial charge on any atom is -0.478 e. The summed E-state index contributed by atoms with van der Waals surface area (Å²) in [5.41, 5.74) is 0. The zero-order valence-electron chi connectivity index (χ0n) is 11.2. The van der Waals surface area contributed by atoms with Crippen LogP contribution in [0.1, 0.15) is 40.0 Å². The Morgan fingerprint density at radius 2 is 2.18 bits per heavy atom. The first-order valence-electron chi connectivity index (χ1n) is 6.56. The van der Waals surface area contributed by atoms with Crippen molar-refractivity contribution in [1.82, 2.24) is 4.98 Å². The molecule has 0 saturated heterocycles. The van der Waals surface area contributed by atoms with Crippen molar-refractivity contribution < 1.29 is 4.74 Å². The van der Waals surface area contributed by atoms with E-state index in [0.717, 1.165) is 43.6 Å². The van der Waals surface area contributed by atoms with Crippen LogP contribution in [-0.2, 0) is 0 Å². The number of hydrogen-bond acceptors (Lipinski definition) is 3. The van der Waals surface area contributed by atoms with Crippen molar-refractivity contribution in [2.45, 2.75) is 40.0 Å². The van der Waals surface area contributed by atoms with Gasteiger partial charge in [-0.05, 0) is 31.2 Å². The van der Waals surface area contributed by atoms with Gasteiger partial charge in [-0.2, -0.15) is 4.98 Å². The molecule has 0 amide bonds. The van der Waals surface area contributed by atoms with Crippen molar-refractivity contribution in [3.8, 4) is 5.88 Å². The van der Waals surface area contributed by atoms with Gasteiger partial charge >= 0.3 is 0 Å². The van der Waals surface area contributed by atoms with Crippen LogP contribution < -0.4 is 10.1 Å². The first-order chi connectivity index (χ1) is 8.22. The fourth-order valence-electron chi connectivity index (χ4n) is 1.52. The smallest absolute Gasteiger partial charge is 0.215 e. The molecule has 0 fully saturated rings. The highest BCUT2D eigenvalue weighted by atomic mass is 16.5. The number of pyridine rings is 1. The third-order valence-electron chi connectivity index (χ3n) is 2.46. The molecule has 0 atom stereocenters. The molecule has 17 heavy (non-hydrogen) atoms. The number of hydrogen-bond donors (Lipinski definition) is 1. The summed E-state index contributed by atoms with van der Waals surface area (Å²) in [6.07, 6.45) is 3.39. The van der Waals surface area contributed by atoms with Gasteiger partial charge in [-0.25, -0.2) is 0 Å². The lowest BCUT2D eigenvalue weighted by Crippen LogP contribution is -2.04. The van der Waals surface area contributed by atoms with Crippen LogP contribution in [0.3, 0.4) is 0 Å². The van der Waals surface area contributed by atoms with Crippen LogP contribution in [0.4, 0.5) is 5.82 Å². The quantitative estimate of drug-likeness (QED) is 0.698. The van der Waals surface area contributed by atoms with Crippen LogP contribution in [0.2, 0.25) is 0 Å². The van der Waals surface area contributed by atoms with Gasteiger partial charge in [0.15, 0.2) is 0 Å². The highest BCUT2D eigenvalue weighted by molar-refractivity contribution is 5.36. The van der Waals surface area contributed by atoms with Crippen molar-refractivity contribution in [2.75, 3.05) is 18.5 Å². The first kappa shape index (κ1) is 13.8. The van der Waals surface area contributed by atoms with Crippen LogP contribution in [-0.4, -0.2) is 18.1 Å². The normalized spacial score (nSPS) is 10.6. The number of aromatic nitrogens is 1. The topological polar surface area (TPSA) is 34.1 Å². The molecule has 0 unspecified atom stereocenters. The van der Waals surface area contributed by atoms with Crippen LogP contribution in [0, 0.1) is 5.92 Å². The molecule has 0 radical (unpaired) electrons. The number of anilines is 1. The van der Waals surface area contributed by atoms with E-state index < -0.39 is 0 Å². The Labute approximate surface area is 105 Å². The molecule has 1 aromatic rings. The van der Waals surface area contributed by atoms with Crippen molar-refractivity contribution in [1.29, 1.82) is 0 Å². The van der Waals surface area contributed by atoms with E-state index in [2.05, 4.69) is 31.1 Å². The van der Waals surface area contributed by atoms with E-state index in [1.807, 2.05) is 18.2 Å². The highest BCUT2D eigenvalue weighted by Crippen LogP contribution is 2.12. The molecule has 0 bridgehead atoms. The van der Waals surface area contributed by atoms with Crippen molar-refractivity contribution in [3.63, 3.8) is 0 Å². The standard InChI is InChI=1S/C14H24N2O/c1-4-10-15-13-8-5-9-14(16-13)17-11-6-7-12(2)3/h5,8-9,12H,4,6-7,10-11H2,1-3H3,(H,15,16). The molecular formula is C14H24N2O. The van der Waals surface area contributed by atoms with Gasteiger partial charge in [0, 0.05) is 12.6 Å². The number of nitrogens with one attached hydrogen (secondary N) is 1. The molecule has 0 aliphatic rings. The molecule has 3 nitrogen and oxygen atoms in total. The van der Waals surface area contributed by atoms with Crippen LogP contribution in [0.5, 0.6) is 5.88 Å². The van der Waals surface area contributed by atoms with Crippen molar-refractivity contribution in [3.05, 3.63) is 18.2 Å². The largest absolute Gasteiger partial charge is 0.478 e. The predicted octanol–water partition coefficient (Wildman–Crippen LogP) is 3.72. The zero-order valence-corrected chi connectivity index (χ0v) is 11.2. The maximum absolute atomic E-state index is 5.63. The van der Waals surface area contributed by atoms with Crippen molar-refractivity contribution >= 4 is 5.82 Å². The Hall–Kier alpha value is -1.25. The van der Waals surface area contributed by atoms with Gasteiger partial charge < -0.3 is 10.1 Å². The minimum atomic E-state index is 0.717. The van der Waals surface area contributed by atoms with E-state index in [0.29, 0.717) is 0 Å². The molecule has 0 aliphatic carbocycles. The fraction of sp³-hybridized carbons (Fsp3) is 0.643. The summed E-state index contributed by atoms with van der Waals surface area (Å²) in [5, 5.41) is 3.25. The molecule has 1 heterocycles. The van der Waals surface area contributed by atoms with E-state index in [4.69, 9.17) is 4.74 Å². The highest BCUT2D eigenvalue weighted by Gasteiger charge is 1.99. The van der Waals surface area contributed by atoms with Crippen LogP contribution in [0.15, 0.2) is 18.2 Å². The molecule has 96 valence electrons. The van der Waals surface area contributed by atoms with Gasteiger partial charge in [0.2, 0.25) is 5.88 Å². The Balaban J connectivity index is 2.32. The summed E-state index contributed by atoms with van der Waals surface area (Å²) in [6.45, 7) is 8.30. The number of ether oxygens (including phenoxy) is 1. The van der Waals surface area contributed by atoms with Gasteiger partial charge in [0.05, 0.1) is 6.61 Å². The Morgan fingerprint density at radius 1 is 1.35 bits per heavy atom. The molecular weight excluding hydrogens is 212 g/mol. The summed E-state index contributed by atoms with van der Waals surface area (Å²) in [5.74, 6) is 2.35. The minimum absolute atomic E-state index is 0.717. The molecule has 1 N–H and O–H groups in total. The molecule has 3 heteroatoms. The summed E-state index contributed by atoms with van der Waals surface area (Å²) in [6, 6.07) is 5.85. The van der Waals surface area contributed by atoms with E-state index >= 15 is 0 Å². The number of rotatable bonds is 8. The van der Waals surface area contributed by atoms with Gasteiger partial charge in [-0.3, -0.25) is 0 Å². The third kappa shape index (κ3) is 6.15. The van der Waals surface area contributed by atoms with Gasteiger partial charge in [0.25, 0.3) is 0 Å². The number of nitrogens with zero attached hydrogens (tertiary/aromatic N) is 1. The Morgan fingerprint density at radius 3 is 2.88 bits per heavy atom. The summed E-state index contributed by atoms with van der Waals surface area (Å²) in [7, 11) is 0. The Bertz CT molecular complexity index is 313. The fourth-order valence-corrected chi connectivity index (χ4v) is 1.52. The summed E-state index contributed by atoms with van der Waals surface area (Å²) < 4.78 is 5.63. The van der Waals surface area contributed by atoms with Gasteiger partial charge in [-0.1, -0.05) is 26.8 Å². The van der Waals surface area contributed by atoms with Gasteiger partial charge in [0.1, 0.15) is 5.82 Å². The predicted molar refractivity (Wildman–Crippen MR) is 72.6 cm³/mol. The average molecular weight is 236 g/mol. The lowest BCUT2D eigenvalue weighted by molar-refractivity contribution is 0.287. The second kappa shape index (κ2) is 7.93. The van der Waals surface area contributed by atoms with E-state index in [-0.39, 0.29) is 0 Å². The molecule has 1 aromatic heterocycles. The average Bonchev–Trinajstić information content (AvgIpc) is 2.32. The lowest BCUT2D eigenvalue weighted by atomic mass is 10.1. The lowest BCUT2D eigenvalue weighted by Gasteiger charge is -2.09. The van der Waals surface area contributed by atoms with Crippen molar-refractivity contribution in [2.24, 2.45) is 5.92 Å². The monoisotopic (exact) mass is 236 g/mol. The molecule has 1 rings (SSSR count). The van der Waals surface area contributed by atoms with Gasteiger partial charge in [-0.15, -0.1) is 0 Å². The Kier molecular flexibility index (Phi) is 6.45. The van der Waals surface area contributed by atoms with Crippen LogP contribution >= 0.6 is 0 Å². The summed E-state index contributed by atoms with van der Waals surface area (Å²) in [4.78, 5) is 4.39.